The fourth-order valence-corrected chi connectivity index (χ4v) is 2.30. The second kappa shape index (κ2) is 8.39. The summed E-state index contributed by atoms with van der Waals surface area (Å²) in [5.41, 5.74) is 0.640. The van der Waals surface area contributed by atoms with Crippen LogP contribution in [0.4, 0.5) is 0 Å². The molecule has 1 rings (SSSR count). The highest BCUT2D eigenvalue weighted by atomic mass is 80.0. The van der Waals surface area contributed by atoms with Crippen molar-refractivity contribution in [3.63, 3.8) is 0 Å². The predicted octanol–water partition coefficient (Wildman–Crippen LogP) is 3.97. The number of rotatable bonds is 6. The Bertz CT molecular complexity index is 393. The Morgan fingerprint density at radius 3 is 2.42 bits per heavy atom. The molecule has 0 aliphatic heterocycles. The van der Waals surface area contributed by atoms with Crippen LogP contribution >= 0.6 is 47.8 Å². The number of benzene rings is 1. The summed E-state index contributed by atoms with van der Waals surface area (Å²) in [6, 6.07) is 9.15. The number of nitrogens with one attached hydrogen (secondary N) is 2. The molecule has 1 aromatic carbocycles. The minimum absolute atomic E-state index is 0.114. The first-order valence-corrected chi connectivity index (χ1v) is 8.49. The highest BCUT2D eigenvalue weighted by molar-refractivity contribution is 9.39. The molecule has 106 valence electrons. The molecule has 1 aromatic rings. The minimum atomic E-state index is -0.578. The van der Waals surface area contributed by atoms with E-state index in [1.54, 1.807) is 12.1 Å². The van der Waals surface area contributed by atoms with Crippen LogP contribution in [0, 0.1) is 0 Å². The SMILES string of the molecule is CCCCN[C@H](NC(=O)c1ccccc1)C(Br)(Br)Br. The number of halogens is 3. The molecule has 0 aliphatic rings. The van der Waals surface area contributed by atoms with E-state index in [4.69, 9.17) is 0 Å². The van der Waals surface area contributed by atoms with Crippen molar-refractivity contribution in [3.8, 4) is 0 Å². The average molecular weight is 457 g/mol. The molecule has 2 N–H and O–H groups in total. The normalized spacial score (nSPS) is 13.1. The van der Waals surface area contributed by atoms with E-state index in [1.807, 2.05) is 18.2 Å². The Morgan fingerprint density at radius 2 is 1.89 bits per heavy atom. The van der Waals surface area contributed by atoms with E-state index < -0.39 is 2.14 Å². The lowest BCUT2D eigenvalue weighted by Gasteiger charge is -2.27. The zero-order valence-electron chi connectivity index (χ0n) is 10.6. The third kappa shape index (κ3) is 6.38. The highest BCUT2D eigenvalue weighted by Gasteiger charge is 2.31. The van der Waals surface area contributed by atoms with Crippen LogP contribution in [0.15, 0.2) is 30.3 Å². The van der Waals surface area contributed by atoms with Crippen LogP contribution < -0.4 is 10.6 Å². The van der Waals surface area contributed by atoms with E-state index in [-0.39, 0.29) is 12.1 Å². The van der Waals surface area contributed by atoms with Crippen molar-refractivity contribution >= 4 is 53.7 Å². The fraction of sp³-hybridized carbons (Fsp3) is 0.462. The second-order valence-corrected chi connectivity index (χ2v) is 11.1. The van der Waals surface area contributed by atoms with Crippen LogP contribution in [0.2, 0.25) is 0 Å². The lowest BCUT2D eigenvalue weighted by molar-refractivity contribution is 0.0932. The van der Waals surface area contributed by atoms with Gasteiger partial charge in [-0.1, -0.05) is 79.3 Å². The molecule has 0 aromatic heterocycles. The Morgan fingerprint density at radius 1 is 1.26 bits per heavy atom. The molecule has 0 spiro atoms. The van der Waals surface area contributed by atoms with Crippen LogP contribution in [0.25, 0.3) is 0 Å². The van der Waals surface area contributed by atoms with Gasteiger partial charge in [-0.05, 0) is 25.1 Å². The zero-order valence-corrected chi connectivity index (χ0v) is 15.4. The summed E-state index contributed by atoms with van der Waals surface area (Å²) in [5, 5.41) is 6.23. The van der Waals surface area contributed by atoms with Crippen molar-refractivity contribution in [1.82, 2.24) is 10.6 Å². The molecule has 0 bridgehead atoms. The van der Waals surface area contributed by atoms with Crippen LogP contribution in [0.5, 0.6) is 0 Å². The van der Waals surface area contributed by atoms with Gasteiger partial charge < -0.3 is 5.32 Å². The zero-order chi connectivity index (χ0) is 14.3. The minimum Gasteiger partial charge on any atom is -0.334 e. The Balaban J connectivity index is 2.64. The number of alkyl halides is 3. The third-order valence-electron chi connectivity index (χ3n) is 2.52. The van der Waals surface area contributed by atoms with Crippen LogP contribution in [0.3, 0.4) is 0 Å². The van der Waals surface area contributed by atoms with E-state index in [0.717, 1.165) is 19.4 Å². The maximum atomic E-state index is 12.1. The number of hydrogen-bond donors (Lipinski definition) is 2. The molecule has 1 amide bonds. The van der Waals surface area contributed by atoms with E-state index >= 15 is 0 Å². The molecule has 0 heterocycles. The summed E-state index contributed by atoms with van der Waals surface area (Å²) in [6.07, 6.45) is 1.89. The molecule has 6 heteroatoms. The van der Waals surface area contributed by atoms with E-state index in [0.29, 0.717) is 5.56 Å². The van der Waals surface area contributed by atoms with Crippen molar-refractivity contribution in [2.24, 2.45) is 0 Å². The van der Waals surface area contributed by atoms with Crippen molar-refractivity contribution in [2.45, 2.75) is 28.1 Å². The maximum Gasteiger partial charge on any atom is 0.252 e. The maximum absolute atomic E-state index is 12.1. The number of unbranched alkanes of at least 4 members (excludes halogenated alkanes) is 1. The molecule has 0 fully saturated rings. The Labute approximate surface area is 139 Å². The van der Waals surface area contributed by atoms with Gasteiger partial charge in [-0.3, -0.25) is 10.1 Å². The summed E-state index contributed by atoms with van der Waals surface area (Å²) in [5.74, 6) is -0.114. The average Bonchev–Trinajstić information content (AvgIpc) is 2.37. The molecule has 0 saturated carbocycles. The number of hydrogen-bond acceptors (Lipinski definition) is 2. The molecule has 1 atom stereocenters. The van der Waals surface area contributed by atoms with Crippen molar-refractivity contribution in [3.05, 3.63) is 35.9 Å². The predicted molar refractivity (Wildman–Crippen MR) is 90.1 cm³/mol. The first kappa shape index (κ1) is 17.1. The summed E-state index contributed by atoms with van der Waals surface area (Å²) in [6.45, 7) is 2.96. The summed E-state index contributed by atoms with van der Waals surface area (Å²) in [7, 11) is 0. The largest absolute Gasteiger partial charge is 0.334 e. The molecule has 0 radical (unpaired) electrons. The standard InChI is InChI=1S/C13H17Br3N2O/c1-2-3-9-17-12(13(14,15)16)18-11(19)10-7-5-4-6-8-10/h4-8,12,17H,2-3,9H2,1H3,(H,18,19)/t12-/m1/s1. The van der Waals surface area contributed by atoms with Gasteiger partial charge in [-0.15, -0.1) is 0 Å². The molecule has 3 nitrogen and oxygen atoms in total. The van der Waals surface area contributed by atoms with Gasteiger partial charge in [0.1, 0.15) is 6.17 Å². The van der Waals surface area contributed by atoms with Gasteiger partial charge in [0.15, 0.2) is 2.14 Å². The monoisotopic (exact) mass is 454 g/mol. The fourth-order valence-electron chi connectivity index (χ4n) is 1.48. The van der Waals surface area contributed by atoms with Gasteiger partial charge >= 0.3 is 0 Å². The van der Waals surface area contributed by atoms with Crippen LogP contribution in [0.1, 0.15) is 30.1 Å². The Kier molecular flexibility index (Phi) is 7.57. The van der Waals surface area contributed by atoms with Gasteiger partial charge in [-0.2, -0.15) is 0 Å². The van der Waals surface area contributed by atoms with E-state index in [9.17, 15) is 4.79 Å². The van der Waals surface area contributed by atoms with Gasteiger partial charge in [0, 0.05) is 5.56 Å². The van der Waals surface area contributed by atoms with Crippen molar-refractivity contribution in [2.75, 3.05) is 6.54 Å². The van der Waals surface area contributed by atoms with Gasteiger partial charge in [0.05, 0.1) is 0 Å². The summed E-state index contributed by atoms with van der Waals surface area (Å²) >= 11 is 10.4. The first-order valence-electron chi connectivity index (χ1n) is 6.11. The van der Waals surface area contributed by atoms with E-state index in [2.05, 4.69) is 65.3 Å². The molecule has 0 saturated heterocycles. The molecule has 0 aliphatic carbocycles. The number of amides is 1. The van der Waals surface area contributed by atoms with Crippen LogP contribution in [-0.4, -0.2) is 20.8 Å². The lowest BCUT2D eigenvalue weighted by Crippen LogP contribution is -2.53. The number of carbonyl (C=O) groups is 1. The summed E-state index contributed by atoms with van der Waals surface area (Å²) in [4.78, 5) is 12.1. The smallest absolute Gasteiger partial charge is 0.252 e. The van der Waals surface area contributed by atoms with Crippen molar-refractivity contribution < 1.29 is 4.79 Å². The van der Waals surface area contributed by atoms with Gasteiger partial charge in [0.2, 0.25) is 0 Å². The highest BCUT2D eigenvalue weighted by Crippen LogP contribution is 2.36. The van der Waals surface area contributed by atoms with Crippen molar-refractivity contribution in [1.29, 1.82) is 0 Å². The summed E-state index contributed by atoms with van der Waals surface area (Å²) < 4.78 is -0.578. The Hall–Kier alpha value is 0.0900. The number of carbonyl (C=O) groups excluding carboxylic acids is 1. The van der Waals surface area contributed by atoms with Gasteiger partial charge in [0.25, 0.3) is 5.91 Å². The molecular formula is C13H17Br3N2O. The van der Waals surface area contributed by atoms with Crippen LogP contribution in [-0.2, 0) is 0 Å². The van der Waals surface area contributed by atoms with Gasteiger partial charge in [-0.25, -0.2) is 0 Å². The molecular weight excluding hydrogens is 440 g/mol. The second-order valence-electron chi connectivity index (χ2n) is 4.12. The first-order chi connectivity index (χ1) is 8.95. The quantitative estimate of drug-likeness (QED) is 0.386. The third-order valence-corrected chi connectivity index (χ3v) is 3.89. The van der Waals surface area contributed by atoms with E-state index in [1.165, 1.54) is 0 Å². The molecule has 0 unspecified atom stereocenters. The topological polar surface area (TPSA) is 41.1 Å². The lowest BCUT2D eigenvalue weighted by atomic mass is 10.2. The molecule has 19 heavy (non-hydrogen) atoms.